The Hall–Kier alpha value is -4.79. The highest BCUT2D eigenvalue weighted by molar-refractivity contribution is 5.90. The largest absolute Gasteiger partial charge is 0.508 e. The zero-order valence-electron chi connectivity index (χ0n) is 27.5. The van der Waals surface area contributed by atoms with Crippen molar-refractivity contribution in [3.63, 3.8) is 0 Å². The number of benzene rings is 3. The number of aliphatic hydroxyl groups excluding tert-OH is 2. The van der Waals surface area contributed by atoms with E-state index in [1.807, 2.05) is 44.2 Å². The Morgan fingerprint density at radius 1 is 1.02 bits per heavy atom. The first-order valence-electron chi connectivity index (χ1n) is 16.1. The van der Waals surface area contributed by atoms with E-state index in [9.17, 15) is 34.8 Å². The standard InChI is InChI=1S/C37H40O13/c1-21(2)16-30(39)37(45)34(44)29(20-48-32(42)18-31(40)41)50-36(35(37)46-15-14-22-6-4-3-5-7-22)49-25-12-13-26-28(17-25)47-19-27(33(26)43)23-8-10-24(38)11-9-23/h3-13,17,19,21,29-30,34-36,38-39,44-45H,14-16,18,20H2,1-2H3,(H,40,41)/t29-,30-,34-,35+,36-,37-/m0/s1. The molecule has 0 bridgehead atoms. The molecule has 6 atom stereocenters. The summed E-state index contributed by atoms with van der Waals surface area (Å²) in [6.45, 7) is 2.98. The molecule has 1 aliphatic heterocycles. The molecule has 266 valence electrons. The average molecular weight is 693 g/mol. The van der Waals surface area contributed by atoms with Gasteiger partial charge >= 0.3 is 11.9 Å². The van der Waals surface area contributed by atoms with Crippen LogP contribution in [0.25, 0.3) is 22.1 Å². The number of aliphatic carboxylic acids is 1. The van der Waals surface area contributed by atoms with Crippen molar-refractivity contribution < 1.29 is 58.5 Å². The molecule has 0 amide bonds. The van der Waals surface area contributed by atoms with Crippen molar-refractivity contribution in [3.05, 3.63) is 94.8 Å². The molecule has 3 aromatic carbocycles. The smallest absolute Gasteiger partial charge is 0.317 e. The molecule has 0 radical (unpaired) electrons. The maximum atomic E-state index is 13.3. The van der Waals surface area contributed by atoms with Gasteiger partial charge in [0.05, 0.1) is 23.7 Å². The van der Waals surface area contributed by atoms with Gasteiger partial charge in [0.15, 0.2) is 17.1 Å². The molecule has 1 aromatic heterocycles. The number of carbonyl (C=O) groups excluding carboxylic acids is 1. The van der Waals surface area contributed by atoms with Gasteiger partial charge in [0.25, 0.3) is 0 Å². The summed E-state index contributed by atoms with van der Waals surface area (Å²) < 4.78 is 29.2. The molecule has 13 nitrogen and oxygen atoms in total. The number of phenolic OH excluding ortho intramolecular Hbond substituents is 1. The van der Waals surface area contributed by atoms with Crippen LogP contribution in [0.3, 0.4) is 0 Å². The molecule has 1 fully saturated rings. The van der Waals surface area contributed by atoms with Crippen LogP contribution in [-0.4, -0.2) is 87.0 Å². The number of carboxylic acid groups (broad SMARTS) is 1. The van der Waals surface area contributed by atoms with Crippen LogP contribution in [0.1, 0.15) is 32.3 Å². The number of hydrogen-bond acceptors (Lipinski definition) is 12. The van der Waals surface area contributed by atoms with E-state index < -0.39 is 61.3 Å². The van der Waals surface area contributed by atoms with Gasteiger partial charge in [-0.2, -0.15) is 0 Å². The van der Waals surface area contributed by atoms with Gasteiger partial charge in [-0.15, -0.1) is 0 Å². The summed E-state index contributed by atoms with van der Waals surface area (Å²) in [5.41, 5.74) is -0.868. The van der Waals surface area contributed by atoms with Crippen LogP contribution in [0.15, 0.2) is 88.3 Å². The predicted molar refractivity (Wildman–Crippen MR) is 178 cm³/mol. The van der Waals surface area contributed by atoms with E-state index in [1.54, 1.807) is 12.1 Å². The lowest BCUT2D eigenvalue weighted by Gasteiger charge is -2.51. The second-order valence-corrected chi connectivity index (χ2v) is 12.6. The van der Waals surface area contributed by atoms with Gasteiger partial charge in [-0.1, -0.05) is 56.3 Å². The van der Waals surface area contributed by atoms with E-state index in [-0.39, 0.29) is 52.4 Å². The Kier molecular flexibility index (Phi) is 11.6. The van der Waals surface area contributed by atoms with Crippen molar-refractivity contribution in [1.82, 2.24) is 0 Å². The summed E-state index contributed by atoms with van der Waals surface area (Å²) in [5, 5.41) is 53.9. The summed E-state index contributed by atoms with van der Waals surface area (Å²) in [7, 11) is 0. The third kappa shape index (κ3) is 8.32. The first-order valence-corrected chi connectivity index (χ1v) is 16.1. The summed E-state index contributed by atoms with van der Waals surface area (Å²) in [6, 6.07) is 19.8. The van der Waals surface area contributed by atoms with Gasteiger partial charge in [-0.25, -0.2) is 0 Å². The summed E-state index contributed by atoms with van der Waals surface area (Å²) in [6.07, 6.45) is -7.17. The number of hydrogen-bond donors (Lipinski definition) is 5. The van der Waals surface area contributed by atoms with Gasteiger partial charge in [-0.05, 0) is 54.2 Å². The van der Waals surface area contributed by atoms with Crippen molar-refractivity contribution in [1.29, 1.82) is 0 Å². The topological polar surface area (TPSA) is 202 Å². The average Bonchev–Trinajstić information content (AvgIpc) is 3.07. The van der Waals surface area contributed by atoms with Crippen LogP contribution in [-0.2, 0) is 30.2 Å². The van der Waals surface area contributed by atoms with Crippen molar-refractivity contribution in [3.8, 4) is 22.6 Å². The van der Waals surface area contributed by atoms with E-state index >= 15 is 0 Å². The molecule has 0 saturated carbocycles. The van der Waals surface area contributed by atoms with E-state index in [2.05, 4.69) is 0 Å². The molecule has 2 heterocycles. The van der Waals surface area contributed by atoms with E-state index in [4.69, 9.17) is 28.5 Å². The number of ether oxygens (including phenoxy) is 4. The summed E-state index contributed by atoms with van der Waals surface area (Å²) in [5.74, 6) is -2.50. The molecular weight excluding hydrogens is 652 g/mol. The lowest BCUT2D eigenvalue weighted by Crippen LogP contribution is -2.73. The fraction of sp³-hybridized carbons (Fsp3) is 0.378. The fourth-order valence-electron chi connectivity index (χ4n) is 5.91. The lowest BCUT2D eigenvalue weighted by atomic mass is 9.77. The predicted octanol–water partition coefficient (Wildman–Crippen LogP) is 3.41. The minimum Gasteiger partial charge on any atom is -0.508 e. The number of aliphatic hydroxyl groups is 3. The van der Waals surface area contributed by atoms with Crippen LogP contribution in [0.4, 0.5) is 0 Å². The number of phenols is 1. The Morgan fingerprint density at radius 2 is 1.74 bits per heavy atom. The van der Waals surface area contributed by atoms with Crippen LogP contribution in [0, 0.1) is 5.92 Å². The molecule has 0 unspecified atom stereocenters. The van der Waals surface area contributed by atoms with Crippen molar-refractivity contribution in [2.75, 3.05) is 13.2 Å². The number of rotatable bonds is 14. The SMILES string of the molecule is CC(C)C[C@H](O)[C@@]1(O)[C@H](OCCc2ccccc2)[C@@H](Oc2ccc3c(=O)c(-c4ccc(O)cc4)coc3c2)O[C@@H](COC(=O)CC(=O)O)[C@@H]1O. The normalized spacial score (nSPS) is 22.7. The number of esters is 1. The Bertz CT molecular complexity index is 1820. The summed E-state index contributed by atoms with van der Waals surface area (Å²) >= 11 is 0. The van der Waals surface area contributed by atoms with E-state index in [0.29, 0.717) is 12.0 Å². The Labute approximate surface area is 287 Å². The van der Waals surface area contributed by atoms with E-state index in [0.717, 1.165) is 5.56 Å². The van der Waals surface area contributed by atoms with Crippen molar-refractivity contribution in [2.45, 2.75) is 69.4 Å². The monoisotopic (exact) mass is 692 g/mol. The Balaban J connectivity index is 1.48. The van der Waals surface area contributed by atoms with Gasteiger partial charge in [0.2, 0.25) is 6.29 Å². The molecule has 0 spiro atoms. The van der Waals surface area contributed by atoms with Crippen molar-refractivity contribution in [2.24, 2.45) is 5.92 Å². The number of aromatic hydroxyl groups is 1. The Morgan fingerprint density at radius 3 is 2.42 bits per heavy atom. The van der Waals surface area contributed by atoms with Crippen molar-refractivity contribution >= 4 is 22.9 Å². The number of fused-ring (bicyclic) bond motifs is 1. The molecular formula is C37H40O13. The van der Waals surface area contributed by atoms with Crippen LogP contribution < -0.4 is 10.2 Å². The van der Waals surface area contributed by atoms with Gasteiger partial charge < -0.3 is 48.9 Å². The van der Waals surface area contributed by atoms with Gasteiger partial charge in [0.1, 0.15) is 48.6 Å². The van der Waals surface area contributed by atoms with Crippen LogP contribution in [0.5, 0.6) is 11.5 Å². The molecule has 5 N–H and O–H groups in total. The van der Waals surface area contributed by atoms with Crippen LogP contribution >= 0.6 is 0 Å². The molecule has 13 heteroatoms. The highest BCUT2D eigenvalue weighted by atomic mass is 16.7. The minimum atomic E-state index is -2.42. The molecule has 1 saturated heterocycles. The molecule has 5 rings (SSSR count). The second kappa shape index (κ2) is 15.8. The maximum absolute atomic E-state index is 13.3. The molecule has 50 heavy (non-hydrogen) atoms. The second-order valence-electron chi connectivity index (χ2n) is 12.6. The minimum absolute atomic E-state index is 0.0201. The number of carboxylic acids is 1. The first-order chi connectivity index (χ1) is 23.9. The molecule has 0 aliphatic carbocycles. The van der Waals surface area contributed by atoms with E-state index in [1.165, 1.54) is 36.6 Å². The first kappa shape index (κ1) is 36.5. The highest BCUT2D eigenvalue weighted by Crippen LogP contribution is 2.38. The third-order valence-corrected chi connectivity index (χ3v) is 8.48. The highest BCUT2D eigenvalue weighted by Gasteiger charge is 2.61. The van der Waals surface area contributed by atoms with Crippen LogP contribution in [0.2, 0.25) is 0 Å². The van der Waals surface area contributed by atoms with Gasteiger partial charge in [-0.3, -0.25) is 14.4 Å². The third-order valence-electron chi connectivity index (χ3n) is 8.48. The lowest BCUT2D eigenvalue weighted by molar-refractivity contribution is -0.342. The molecule has 4 aromatic rings. The summed E-state index contributed by atoms with van der Waals surface area (Å²) in [4.78, 5) is 36.4. The zero-order valence-corrected chi connectivity index (χ0v) is 27.5. The fourth-order valence-corrected chi connectivity index (χ4v) is 5.91. The quantitative estimate of drug-likeness (QED) is 0.0951. The maximum Gasteiger partial charge on any atom is 0.317 e. The zero-order chi connectivity index (χ0) is 36.0. The molecule has 1 aliphatic rings. The number of carbonyl (C=O) groups is 2. The van der Waals surface area contributed by atoms with Gasteiger partial charge in [0, 0.05) is 6.07 Å².